The highest BCUT2D eigenvalue weighted by Gasteiger charge is 2.03. The summed E-state index contributed by atoms with van der Waals surface area (Å²) in [5.41, 5.74) is 0. The Labute approximate surface area is 135 Å². The van der Waals surface area contributed by atoms with E-state index in [9.17, 15) is 4.79 Å². The number of hydrogen-bond donors (Lipinski definition) is 1. The Balaban J connectivity index is 3.18. The molecule has 0 aliphatic heterocycles. The quantitative estimate of drug-likeness (QED) is 0.441. The van der Waals surface area contributed by atoms with Gasteiger partial charge in [-0.2, -0.15) is 0 Å². The van der Waals surface area contributed by atoms with Gasteiger partial charge in [0.05, 0.1) is 33.0 Å². The van der Waals surface area contributed by atoms with Crippen LogP contribution in [0.2, 0.25) is 0 Å². The maximum Gasteiger partial charge on any atom is 0.220 e. The third kappa shape index (κ3) is 17.0. The summed E-state index contributed by atoms with van der Waals surface area (Å²) in [7, 11) is 0. The maximum absolute atomic E-state index is 11.4. The van der Waals surface area contributed by atoms with Crippen LogP contribution < -0.4 is 5.32 Å². The van der Waals surface area contributed by atoms with Gasteiger partial charge >= 0.3 is 0 Å². The van der Waals surface area contributed by atoms with Gasteiger partial charge in [0.2, 0.25) is 5.91 Å². The standard InChI is InChI=1S/C17H31NO4/c1-15(2)6-5-8-20-10-12-22-13-11-21-9-7-18-17(19)14-16(3)4/h15-16H,7-14H2,1-4H3,(H,18,19). The predicted octanol–water partition coefficient (Wildman–Crippen LogP) is 1.86. The van der Waals surface area contributed by atoms with Crippen molar-refractivity contribution in [2.75, 3.05) is 46.2 Å². The van der Waals surface area contributed by atoms with Crippen molar-refractivity contribution in [3.63, 3.8) is 0 Å². The van der Waals surface area contributed by atoms with E-state index in [0.29, 0.717) is 64.4 Å². The second-order valence-electron chi connectivity index (χ2n) is 5.70. The molecule has 0 aromatic rings. The van der Waals surface area contributed by atoms with Crippen molar-refractivity contribution >= 4 is 5.91 Å². The first kappa shape index (κ1) is 20.9. The van der Waals surface area contributed by atoms with Gasteiger partial charge in [-0.3, -0.25) is 4.79 Å². The van der Waals surface area contributed by atoms with Gasteiger partial charge in [-0.1, -0.05) is 39.5 Å². The van der Waals surface area contributed by atoms with Crippen molar-refractivity contribution in [3.8, 4) is 11.8 Å². The summed E-state index contributed by atoms with van der Waals surface area (Å²) in [6, 6.07) is 0. The van der Waals surface area contributed by atoms with Gasteiger partial charge in [-0.05, 0) is 5.92 Å². The highest BCUT2D eigenvalue weighted by Crippen LogP contribution is 1.97. The smallest absolute Gasteiger partial charge is 0.220 e. The van der Waals surface area contributed by atoms with Gasteiger partial charge in [0.25, 0.3) is 0 Å². The van der Waals surface area contributed by atoms with E-state index < -0.39 is 0 Å². The minimum Gasteiger partial charge on any atom is -0.377 e. The largest absolute Gasteiger partial charge is 0.377 e. The Morgan fingerprint density at radius 3 is 2.14 bits per heavy atom. The predicted molar refractivity (Wildman–Crippen MR) is 87.5 cm³/mol. The molecule has 0 aromatic heterocycles. The molecule has 1 amide bonds. The van der Waals surface area contributed by atoms with E-state index in [1.165, 1.54) is 0 Å². The van der Waals surface area contributed by atoms with Crippen LogP contribution in [0.1, 0.15) is 34.1 Å². The third-order valence-electron chi connectivity index (χ3n) is 2.47. The highest BCUT2D eigenvalue weighted by molar-refractivity contribution is 5.75. The number of nitrogens with one attached hydrogen (secondary N) is 1. The molecule has 0 radical (unpaired) electrons. The van der Waals surface area contributed by atoms with Crippen LogP contribution >= 0.6 is 0 Å². The summed E-state index contributed by atoms with van der Waals surface area (Å²) >= 11 is 0. The van der Waals surface area contributed by atoms with Crippen LogP contribution in [-0.2, 0) is 19.0 Å². The summed E-state index contributed by atoms with van der Waals surface area (Å²) < 4.78 is 16.0. The van der Waals surface area contributed by atoms with Crippen molar-refractivity contribution in [2.45, 2.75) is 34.1 Å². The van der Waals surface area contributed by atoms with Crippen molar-refractivity contribution in [1.82, 2.24) is 5.32 Å². The minimum absolute atomic E-state index is 0.0764. The molecule has 0 aliphatic rings. The van der Waals surface area contributed by atoms with Crippen LogP contribution in [0.15, 0.2) is 0 Å². The second-order valence-corrected chi connectivity index (χ2v) is 5.70. The molecule has 1 N–H and O–H groups in total. The van der Waals surface area contributed by atoms with E-state index >= 15 is 0 Å². The van der Waals surface area contributed by atoms with E-state index in [0.717, 1.165) is 0 Å². The van der Waals surface area contributed by atoms with Gasteiger partial charge in [0.15, 0.2) is 0 Å². The van der Waals surface area contributed by atoms with Gasteiger partial charge in [-0.25, -0.2) is 0 Å². The molecule has 5 heteroatoms. The first-order chi connectivity index (χ1) is 10.5. The maximum atomic E-state index is 11.4. The van der Waals surface area contributed by atoms with Crippen LogP contribution in [0.3, 0.4) is 0 Å². The lowest BCUT2D eigenvalue weighted by Gasteiger charge is -2.08. The fourth-order valence-electron chi connectivity index (χ4n) is 1.51. The molecule has 128 valence electrons. The molecule has 0 bridgehead atoms. The Morgan fingerprint density at radius 1 is 0.955 bits per heavy atom. The fourth-order valence-corrected chi connectivity index (χ4v) is 1.51. The zero-order chi connectivity index (χ0) is 16.6. The molecule has 22 heavy (non-hydrogen) atoms. The first-order valence-corrected chi connectivity index (χ1v) is 8.00. The third-order valence-corrected chi connectivity index (χ3v) is 2.47. The summed E-state index contributed by atoms with van der Waals surface area (Å²) in [6.45, 7) is 11.8. The summed E-state index contributed by atoms with van der Waals surface area (Å²) in [5, 5.41) is 2.81. The summed E-state index contributed by atoms with van der Waals surface area (Å²) in [6.07, 6.45) is 0.560. The Kier molecular flexibility index (Phi) is 14.1. The van der Waals surface area contributed by atoms with Crippen LogP contribution in [0.4, 0.5) is 0 Å². The Morgan fingerprint density at radius 2 is 1.55 bits per heavy atom. The second kappa shape index (κ2) is 14.8. The highest BCUT2D eigenvalue weighted by atomic mass is 16.5. The molecular formula is C17H31NO4. The van der Waals surface area contributed by atoms with Gasteiger partial charge < -0.3 is 19.5 Å². The SMILES string of the molecule is CC(C)C#CCOCCOCCOCCNC(=O)CC(C)C. The molecule has 0 rings (SSSR count). The zero-order valence-electron chi connectivity index (χ0n) is 14.4. The molecule has 5 nitrogen and oxygen atoms in total. The number of rotatable bonds is 12. The van der Waals surface area contributed by atoms with Crippen molar-refractivity contribution in [3.05, 3.63) is 0 Å². The zero-order valence-corrected chi connectivity index (χ0v) is 14.4. The van der Waals surface area contributed by atoms with E-state index in [1.807, 2.05) is 27.7 Å². The van der Waals surface area contributed by atoms with E-state index in [4.69, 9.17) is 14.2 Å². The lowest BCUT2D eigenvalue weighted by Crippen LogP contribution is -2.28. The van der Waals surface area contributed by atoms with Crippen LogP contribution in [0.25, 0.3) is 0 Å². The van der Waals surface area contributed by atoms with Gasteiger partial charge in [-0.15, -0.1) is 0 Å². The van der Waals surface area contributed by atoms with E-state index in [1.54, 1.807) is 0 Å². The van der Waals surface area contributed by atoms with E-state index in [-0.39, 0.29) is 5.91 Å². The monoisotopic (exact) mass is 313 g/mol. The molecule has 0 atom stereocenters. The first-order valence-electron chi connectivity index (χ1n) is 8.00. The molecule has 0 fully saturated rings. The number of hydrogen-bond acceptors (Lipinski definition) is 4. The van der Waals surface area contributed by atoms with Crippen LogP contribution in [0.5, 0.6) is 0 Å². The van der Waals surface area contributed by atoms with Gasteiger partial charge in [0.1, 0.15) is 6.61 Å². The molecule has 0 unspecified atom stereocenters. The molecule has 0 saturated heterocycles. The van der Waals surface area contributed by atoms with E-state index in [2.05, 4.69) is 17.2 Å². The number of ether oxygens (including phenoxy) is 3. The lowest BCUT2D eigenvalue weighted by atomic mass is 10.1. The Hall–Kier alpha value is -1.09. The molecule has 0 saturated carbocycles. The summed E-state index contributed by atoms with van der Waals surface area (Å²) in [4.78, 5) is 11.4. The van der Waals surface area contributed by atoms with Crippen molar-refractivity contribution in [2.24, 2.45) is 11.8 Å². The molecule has 0 spiro atoms. The average molecular weight is 313 g/mol. The average Bonchev–Trinajstić information content (AvgIpc) is 2.42. The normalized spacial score (nSPS) is 10.6. The lowest BCUT2D eigenvalue weighted by molar-refractivity contribution is -0.122. The van der Waals surface area contributed by atoms with Crippen LogP contribution in [-0.4, -0.2) is 52.1 Å². The molecular weight excluding hydrogens is 282 g/mol. The topological polar surface area (TPSA) is 56.8 Å². The molecule has 0 aromatic carbocycles. The molecule has 0 aliphatic carbocycles. The van der Waals surface area contributed by atoms with Crippen molar-refractivity contribution in [1.29, 1.82) is 0 Å². The summed E-state index contributed by atoms with van der Waals surface area (Å²) in [5.74, 6) is 6.81. The van der Waals surface area contributed by atoms with Gasteiger partial charge in [0, 0.05) is 18.9 Å². The molecule has 0 heterocycles. The minimum atomic E-state index is 0.0764. The number of amides is 1. The number of carbonyl (C=O) groups excluding carboxylic acids is 1. The van der Waals surface area contributed by atoms with Crippen molar-refractivity contribution < 1.29 is 19.0 Å². The Bertz CT molecular complexity index is 331. The fraction of sp³-hybridized carbons (Fsp3) is 0.824. The number of carbonyl (C=O) groups is 1. The van der Waals surface area contributed by atoms with Crippen LogP contribution in [0, 0.1) is 23.7 Å².